The van der Waals surface area contributed by atoms with Crippen LogP contribution in [-0.2, 0) is 24.4 Å². The number of aliphatic hydroxyl groups excluding tert-OH is 1. The summed E-state index contributed by atoms with van der Waals surface area (Å²) in [6.45, 7) is 2.35. The molecule has 0 fully saturated rings. The lowest BCUT2D eigenvalue weighted by molar-refractivity contribution is 0.146. The molecule has 1 heterocycles. The van der Waals surface area contributed by atoms with E-state index in [4.69, 9.17) is 4.74 Å². The highest BCUT2D eigenvalue weighted by atomic mass is 16.5. The lowest BCUT2D eigenvalue weighted by Gasteiger charge is -2.13. The van der Waals surface area contributed by atoms with Crippen LogP contribution in [0.5, 0.6) is 0 Å². The van der Waals surface area contributed by atoms with Gasteiger partial charge >= 0.3 is 0 Å². The van der Waals surface area contributed by atoms with Gasteiger partial charge in [-0.25, -0.2) is 0 Å². The number of hydrogen-bond donors (Lipinski definition) is 2. The van der Waals surface area contributed by atoms with Crippen molar-refractivity contribution in [3.8, 4) is 0 Å². The van der Waals surface area contributed by atoms with Crippen molar-refractivity contribution in [2.45, 2.75) is 25.8 Å². The van der Waals surface area contributed by atoms with Gasteiger partial charge in [0.15, 0.2) is 0 Å². The maximum absolute atomic E-state index is 9.92. The predicted molar refractivity (Wildman–Crippen MR) is 77.1 cm³/mol. The zero-order valence-corrected chi connectivity index (χ0v) is 11.7. The first-order valence-corrected chi connectivity index (χ1v) is 6.71. The Morgan fingerprint density at radius 2 is 2.10 bits per heavy atom. The average molecular weight is 275 g/mol. The largest absolute Gasteiger partial charge is 0.390 e. The van der Waals surface area contributed by atoms with Crippen molar-refractivity contribution in [2.75, 3.05) is 13.7 Å². The second-order valence-corrected chi connectivity index (χ2v) is 4.71. The SMILES string of the molecule is COCc1ccccc1CNCC(O)Cn1cccn1. The fourth-order valence-electron chi connectivity index (χ4n) is 2.09. The first-order valence-electron chi connectivity index (χ1n) is 6.71. The van der Waals surface area contributed by atoms with E-state index in [0.29, 0.717) is 19.7 Å². The van der Waals surface area contributed by atoms with Crippen LogP contribution in [-0.4, -0.2) is 34.6 Å². The number of nitrogens with one attached hydrogen (secondary N) is 1. The van der Waals surface area contributed by atoms with Crippen molar-refractivity contribution in [1.82, 2.24) is 15.1 Å². The van der Waals surface area contributed by atoms with E-state index in [2.05, 4.69) is 22.5 Å². The molecule has 0 radical (unpaired) electrons. The molecule has 0 spiro atoms. The van der Waals surface area contributed by atoms with Crippen LogP contribution in [0.25, 0.3) is 0 Å². The zero-order valence-electron chi connectivity index (χ0n) is 11.7. The van der Waals surface area contributed by atoms with Crippen LogP contribution in [0.1, 0.15) is 11.1 Å². The molecule has 20 heavy (non-hydrogen) atoms. The molecule has 0 saturated heterocycles. The van der Waals surface area contributed by atoms with E-state index in [-0.39, 0.29) is 0 Å². The van der Waals surface area contributed by atoms with Gasteiger partial charge in [-0.2, -0.15) is 5.10 Å². The molecule has 5 heteroatoms. The Labute approximate surface area is 119 Å². The summed E-state index contributed by atoms with van der Waals surface area (Å²) in [5.41, 5.74) is 2.37. The molecule has 2 rings (SSSR count). The Morgan fingerprint density at radius 3 is 2.80 bits per heavy atom. The maximum atomic E-state index is 9.92. The Morgan fingerprint density at radius 1 is 1.30 bits per heavy atom. The smallest absolute Gasteiger partial charge is 0.0860 e. The fraction of sp³-hybridized carbons (Fsp3) is 0.400. The molecule has 0 amide bonds. The lowest BCUT2D eigenvalue weighted by atomic mass is 10.1. The predicted octanol–water partition coefficient (Wildman–Crippen LogP) is 1.18. The Kier molecular flexibility index (Phi) is 5.73. The minimum absolute atomic E-state index is 0.454. The number of nitrogens with zero attached hydrogens (tertiary/aromatic N) is 2. The summed E-state index contributed by atoms with van der Waals surface area (Å²) >= 11 is 0. The number of aliphatic hydroxyl groups is 1. The summed E-state index contributed by atoms with van der Waals surface area (Å²) in [5.74, 6) is 0. The average Bonchev–Trinajstić information content (AvgIpc) is 2.94. The summed E-state index contributed by atoms with van der Waals surface area (Å²) < 4.78 is 6.90. The van der Waals surface area contributed by atoms with Crippen LogP contribution in [0, 0.1) is 0 Å². The molecule has 2 aromatic rings. The van der Waals surface area contributed by atoms with Crippen LogP contribution in [0.4, 0.5) is 0 Å². The first-order chi connectivity index (χ1) is 9.79. The molecule has 1 unspecified atom stereocenters. The van der Waals surface area contributed by atoms with Gasteiger partial charge in [-0.3, -0.25) is 4.68 Å². The summed E-state index contributed by atoms with van der Waals surface area (Å²) in [4.78, 5) is 0. The summed E-state index contributed by atoms with van der Waals surface area (Å²) in [6, 6.07) is 9.99. The van der Waals surface area contributed by atoms with E-state index in [9.17, 15) is 5.11 Å². The van der Waals surface area contributed by atoms with Crippen LogP contribution in [0.2, 0.25) is 0 Å². The van der Waals surface area contributed by atoms with Gasteiger partial charge in [-0.05, 0) is 17.2 Å². The van der Waals surface area contributed by atoms with E-state index in [1.165, 1.54) is 11.1 Å². The standard InChI is InChI=1S/C15H21N3O2/c1-20-12-14-6-3-2-5-13(14)9-16-10-15(19)11-18-8-4-7-17-18/h2-8,15-16,19H,9-12H2,1H3. The van der Waals surface area contributed by atoms with Gasteiger partial charge in [-0.15, -0.1) is 0 Å². The third kappa shape index (κ3) is 4.45. The van der Waals surface area contributed by atoms with Crippen LogP contribution < -0.4 is 5.32 Å². The third-order valence-electron chi connectivity index (χ3n) is 3.07. The molecule has 0 aliphatic rings. The molecule has 1 aromatic carbocycles. The van der Waals surface area contributed by atoms with E-state index in [1.54, 1.807) is 18.0 Å². The van der Waals surface area contributed by atoms with Gasteiger partial charge in [-0.1, -0.05) is 24.3 Å². The highest BCUT2D eigenvalue weighted by molar-refractivity contribution is 5.26. The molecular weight excluding hydrogens is 254 g/mol. The van der Waals surface area contributed by atoms with Gasteiger partial charge in [0.05, 0.1) is 19.3 Å². The molecule has 0 aliphatic carbocycles. The summed E-state index contributed by atoms with van der Waals surface area (Å²) in [7, 11) is 1.69. The number of benzene rings is 1. The third-order valence-corrected chi connectivity index (χ3v) is 3.07. The van der Waals surface area contributed by atoms with Crippen LogP contribution >= 0.6 is 0 Å². The quantitative estimate of drug-likeness (QED) is 0.759. The first kappa shape index (κ1) is 14.7. The highest BCUT2D eigenvalue weighted by Gasteiger charge is 2.06. The van der Waals surface area contributed by atoms with Crippen molar-refractivity contribution in [1.29, 1.82) is 0 Å². The maximum Gasteiger partial charge on any atom is 0.0860 e. The molecule has 1 aromatic heterocycles. The Bertz CT molecular complexity index is 500. The fourth-order valence-corrected chi connectivity index (χ4v) is 2.09. The topological polar surface area (TPSA) is 59.3 Å². The minimum Gasteiger partial charge on any atom is -0.390 e. The molecule has 2 N–H and O–H groups in total. The Hall–Kier alpha value is -1.69. The summed E-state index contributed by atoms with van der Waals surface area (Å²) in [6.07, 6.45) is 3.10. The number of ether oxygens (including phenoxy) is 1. The number of methoxy groups -OCH3 is 1. The van der Waals surface area contributed by atoms with Gasteiger partial charge < -0.3 is 15.2 Å². The van der Waals surface area contributed by atoms with Crippen LogP contribution in [0.15, 0.2) is 42.7 Å². The van der Waals surface area contributed by atoms with Crippen molar-refractivity contribution in [3.05, 3.63) is 53.9 Å². The summed E-state index contributed by atoms with van der Waals surface area (Å²) in [5, 5.41) is 17.3. The van der Waals surface area contributed by atoms with Gasteiger partial charge in [0.2, 0.25) is 0 Å². The highest BCUT2D eigenvalue weighted by Crippen LogP contribution is 2.09. The number of aromatic nitrogens is 2. The van der Waals surface area contributed by atoms with Gasteiger partial charge in [0.25, 0.3) is 0 Å². The number of rotatable bonds is 8. The van der Waals surface area contributed by atoms with Crippen LogP contribution in [0.3, 0.4) is 0 Å². The monoisotopic (exact) mass is 275 g/mol. The molecule has 1 atom stereocenters. The molecule has 0 bridgehead atoms. The molecule has 0 aliphatic heterocycles. The zero-order chi connectivity index (χ0) is 14.2. The number of hydrogen-bond acceptors (Lipinski definition) is 4. The van der Waals surface area contributed by atoms with E-state index < -0.39 is 6.10 Å². The van der Waals surface area contributed by atoms with Gasteiger partial charge in [0.1, 0.15) is 0 Å². The molecule has 108 valence electrons. The van der Waals surface area contributed by atoms with Crippen molar-refractivity contribution >= 4 is 0 Å². The molecular formula is C15H21N3O2. The second-order valence-electron chi connectivity index (χ2n) is 4.71. The Balaban J connectivity index is 1.77. The second kappa shape index (κ2) is 7.79. The minimum atomic E-state index is -0.454. The van der Waals surface area contributed by atoms with Crippen molar-refractivity contribution < 1.29 is 9.84 Å². The van der Waals surface area contributed by atoms with E-state index in [1.807, 2.05) is 24.4 Å². The van der Waals surface area contributed by atoms with Gasteiger partial charge in [0, 0.05) is 32.6 Å². The van der Waals surface area contributed by atoms with Crippen molar-refractivity contribution in [2.24, 2.45) is 0 Å². The van der Waals surface area contributed by atoms with E-state index >= 15 is 0 Å². The normalized spacial score (nSPS) is 12.5. The van der Waals surface area contributed by atoms with Crippen molar-refractivity contribution in [3.63, 3.8) is 0 Å². The lowest BCUT2D eigenvalue weighted by Crippen LogP contribution is -2.30. The van der Waals surface area contributed by atoms with E-state index in [0.717, 1.165) is 6.54 Å². The molecule has 5 nitrogen and oxygen atoms in total. The molecule has 0 saturated carbocycles.